The first-order chi connectivity index (χ1) is 14.0. The van der Waals surface area contributed by atoms with Crippen LogP contribution in [0.25, 0.3) is 10.9 Å². The highest BCUT2D eigenvalue weighted by Gasteiger charge is 2.15. The van der Waals surface area contributed by atoms with Gasteiger partial charge in [0, 0.05) is 26.1 Å². The molecule has 7 heteroatoms. The molecule has 1 amide bonds. The van der Waals surface area contributed by atoms with E-state index in [1.54, 1.807) is 41.3 Å². The van der Waals surface area contributed by atoms with Crippen LogP contribution in [0.15, 0.2) is 58.1 Å². The van der Waals surface area contributed by atoms with Crippen LogP contribution in [0.4, 0.5) is 0 Å². The van der Waals surface area contributed by atoms with Gasteiger partial charge in [-0.05, 0) is 36.2 Å². The molecule has 0 fully saturated rings. The highest BCUT2D eigenvalue weighted by atomic mass is 16.2. The fraction of sp³-hybridized carbons (Fsp3) is 0.273. The highest BCUT2D eigenvalue weighted by molar-refractivity contribution is 5.79. The zero-order valence-corrected chi connectivity index (χ0v) is 16.2. The van der Waals surface area contributed by atoms with Gasteiger partial charge in [0.15, 0.2) is 0 Å². The Balaban J connectivity index is 1.77. The van der Waals surface area contributed by atoms with Crippen molar-refractivity contribution in [1.29, 1.82) is 5.26 Å². The van der Waals surface area contributed by atoms with Crippen molar-refractivity contribution in [3.05, 3.63) is 80.5 Å². The van der Waals surface area contributed by atoms with Crippen LogP contribution in [0.3, 0.4) is 0 Å². The van der Waals surface area contributed by atoms with Gasteiger partial charge >= 0.3 is 5.69 Å². The third-order valence-corrected chi connectivity index (χ3v) is 4.76. The predicted octanol–water partition coefficient (Wildman–Crippen LogP) is 2.39. The largest absolute Gasteiger partial charge is 0.338 e. The number of carbonyl (C=O) groups excluding carboxylic acids is 1. The summed E-state index contributed by atoms with van der Waals surface area (Å²) in [4.78, 5) is 41.1. The molecule has 1 aromatic heterocycles. The Labute approximate surface area is 167 Å². The van der Waals surface area contributed by atoms with E-state index in [0.29, 0.717) is 29.6 Å². The summed E-state index contributed by atoms with van der Waals surface area (Å²) in [5.41, 5.74) is 1.09. The van der Waals surface area contributed by atoms with Crippen molar-refractivity contribution < 1.29 is 4.79 Å². The quantitative estimate of drug-likeness (QED) is 0.669. The van der Waals surface area contributed by atoms with E-state index in [-0.39, 0.29) is 18.9 Å². The number of nitriles is 1. The molecule has 0 bridgehead atoms. The molecule has 0 aliphatic carbocycles. The van der Waals surface area contributed by atoms with Crippen molar-refractivity contribution in [2.24, 2.45) is 0 Å². The number of aromatic amines is 1. The maximum absolute atomic E-state index is 12.8. The molecular weight excluding hydrogens is 368 g/mol. The number of nitrogens with zero attached hydrogens (tertiary/aromatic N) is 3. The smallest absolute Gasteiger partial charge is 0.328 e. The molecule has 0 aliphatic heterocycles. The molecule has 0 radical (unpaired) electrons. The molecule has 0 aliphatic rings. The van der Waals surface area contributed by atoms with Crippen LogP contribution in [-0.4, -0.2) is 26.9 Å². The van der Waals surface area contributed by atoms with Crippen molar-refractivity contribution in [1.82, 2.24) is 14.5 Å². The Bertz CT molecular complexity index is 1170. The van der Waals surface area contributed by atoms with E-state index < -0.39 is 11.2 Å². The topological polar surface area (TPSA) is 99.0 Å². The van der Waals surface area contributed by atoms with Crippen molar-refractivity contribution in [2.75, 3.05) is 6.54 Å². The van der Waals surface area contributed by atoms with Gasteiger partial charge in [0.25, 0.3) is 5.56 Å². The fourth-order valence-electron chi connectivity index (χ4n) is 3.30. The van der Waals surface area contributed by atoms with Crippen molar-refractivity contribution >= 4 is 16.8 Å². The van der Waals surface area contributed by atoms with E-state index in [1.165, 1.54) is 4.57 Å². The Kier molecular flexibility index (Phi) is 6.25. The number of aryl methyl sites for hydroxylation is 1. The first-order valence-corrected chi connectivity index (χ1v) is 9.52. The van der Waals surface area contributed by atoms with Crippen molar-refractivity contribution in [3.63, 3.8) is 0 Å². The van der Waals surface area contributed by atoms with E-state index in [4.69, 9.17) is 5.26 Å². The van der Waals surface area contributed by atoms with Gasteiger partial charge in [-0.1, -0.05) is 31.2 Å². The van der Waals surface area contributed by atoms with Gasteiger partial charge in [0.1, 0.15) is 0 Å². The molecule has 29 heavy (non-hydrogen) atoms. The summed E-state index contributed by atoms with van der Waals surface area (Å²) in [6.45, 7) is 3.22. The summed E-state index contributed by atoms with van der Waals surface area (Å²) in [5.74, 6) is -0.0709. The molecular formula is C22H22N4O3. The molecule has 1 heterocycles. The molecule has 0 saturated carbocycles. The number of nitrogens with one attached hydrogen (secondary N) is 1. The number of fused-ring (bicyclic) bond motifs is 1. The molecule has 0 spiro atoms. The maximum atomic E-state index is 12.8. The molecule has 3 aromatic rings. The van der Waals surface area contributed by atoms with Crippen LogP contribution >= 0.6 is 0 Å². The third kappa shape index (κ3) is 4.61. The van der Waals surface area contributed by atoms with Crippen LogP contribution in [-0.2, 0) is 17.9 Å². The van der Waals surface area contributed by atoms with Crippen LogP contribution < -0.4 is 11.2 Å². The SMILES string of the molecule is CCCN(Cc1ccc(C#N)cc1)C(=O)CCn1c(=O)[nH]c(=O)c2ccccc21. The average Bonchev–Trinajstić information content (AvgIpc) is 2.73. The molecule has 148 valence electrons. The van der Waals surface area contributed by atoms with E-state index in [1.807, 2.05) is 19.1 Å². The lowest BCUT2D eigenvalue weighted by atomic mass is 10.1. The standard InChI is InChI=1S/C22H22N4O3/c1-2-12-25(15-17-9-7-16(14-23)8-10-17)20(27)11-13-26-19-6-4-3-5-18(19)21(28)24-22(26)29/h3-10H,2,11-13,15H2,1H3,(H,24,28,29). The second-order valence-electron chi connectivity index (χ2n) is 6.80. The lowest BCUT2D eigenvalue weighted by molar-refractivity contribution is -0.132. The number of carbonyl (C=O) groups is 1. The minimum absolute atomic E-state index is 0.0709. The normalized spacial score (nSPS) is 10.6. The Morgan fingerprint density at radius 2 is 1.86 bits per heavy atom. The van der Waals surface area contributed by atoms with Gasteiger partial charge in [-0.2, -0.15) is 5.26 Å². The van der Waals surface area contributed by atoms with Gasteiger partial charge in [0.05, 0.1) is 22.5 Å². The lowest BCUT2D eigenvalue weighted by Gasteiger charge is -2.23. The van der Waals surface area contributed by atoms with Crippen LogP contribution in [0.2, 0.25) is 0 Å². The zero-order valence-electron chi connectivity index (χ0n) is 16.2. The van der Waals surface area contributed by atoms with Crippen molar-refractivity contribution in [3.8, 4) is 6.07 Å². The van der Waals surface area contributed by atoms with E-state index in [0.717, 1.165) is 12.0 Å². The van der Waals surface area contributed by atoms with Gasteiger partial charge in [0.2, 0.25) is 5.91 Å². The summed E-state index contributed by atoms with van der Waals surface area (Å²) < 4.78 is 1.43. The van der Waals surface area contributed by atoms with E-state index >= 15 is 0 Å². The van der Waals surface area contributed by atoms with Gasteiger partial charge in [-0.25, -0.2) is 4.79 Å². The summed E-state index contributed by atoms with van der Waals surface area (Å²) in [7, 11) is 0. The number of benzene rings is 2. The minimum Gasteiger partial charge on any atom is -0.338 e. The van der Waals surface area contributed by atoms with E-state index in [2.05, 4.69) is 11.1 Å². The van der Waals surface area contributed by atoms with Crippen LogP contribution in [0, 0.1) is 11.3 Å². The first kappa shape index (κ1) is 20.1. The molecule has 7 nitrogen and oxygen atoms in total. The second kappa shape index (κ2) is 9.02. The van der Waals surface area contributed by atoms with Gasteiger partial charge in [-0.3, -0.25) is 19.1 Å². The minimum atomic E-state index is -0.518. The van der Waals surface area contributed by atoms with E-state index in [9.17, 15) is 14.4 Å². The fourth-order valence-corrected chi connectivity index (χ4v) is 3.30. The Morgan fingerprint density at radius 3 is 2.55 bits per heavy atom. The molecule has 3 rings (SSSR count). The Hall–Kier alpha value is -3.66. The number of para-hydroxylation sites is 1. The second-order valence-corrected chi connectivity index (χ2v) is 6.80. The number of hydrogen-bond donors (Lipinski definition) is 1. The molecule has 0 saturated heterocycles. The number of hydrogen-bond acceptors (Lipinski definition) is 4. The Morgan fingerprint density at radius 1 is 1.14 bits per heavy atom. The molecule has 0 atom stereocenters. The first-order valence-electron chi connectivity index (χ1n) is 9.52. The number of aromatic nitrogens is 2. The van der Waals surface area contributed by atoms with Crippen LogP contribution in [0.5, 0.6) is 0 Å². The molecule has 0 unspecified atom stereocenters. The monoisotopic (exact) mass is 390 g/mol. The summed E-state index contributed by atoms with van der Waals surface area (Å²) in [6, 6.07) is 16.1. The average molecular weight is 390 g/mol. The summed E-state index contributed by atoms with van der Waals surface area (Å²) >= 11 is 0. The third-order valence-electron chi connectivity index (χ3n) is 4.76. The maximum Gasteiger partial charge on any atom is 0.328 e. The molecule has 2 aromatic carbocycles. The molecule has 1 N–H and O–H groups in total. The van der Waals surface area contributed by atoms with Crippen molar-refractivity contribution in [2.45, 2.75) is 32.9 Å². The predicted molar refractivity (Wildman–Crippen MR) is 110 cm³/mol. The zero-order chi connectivity index (χ0) is 20.8. The number of rotatable bonds is 7. The summed E-state index contributed by atoms with van der Waals surface area (Å²) in [5, 5.41) is 9.33. The van der Waals surface area contributed by atoms with Crippen LogP contribution in [0.1, 0.15) is 30.9 Å². The van der Waals surface area contributed by atoms with Gasteiger partial charge < -0.3 is 4.90 Å². The lowest BCUT2D eigenvalue weighted by Crippen LogP contribution is -2.35. The number of H-pyrrole nitrogens is 1. The summed E-state index contributed by atoms with van der Waals surface area (Å²) in [6.07, 6.45) is 0.954. The van der Waals surface area contributed by atoms with Gasteiger partial charge in [-0.15, -0.1) is 0 Å². The number of amides is 1. The highest BCUT2D eigenvalue weighted by Crippen LogP contribution is 2.11.